The van der Waals surface area contributed by atoms with Crippen molar-refractivity contribution in [2.24, 2.45) is 11.7 Å². The fourth-order valence-corrected chi connectivity index (χ4v) is 3.08. The largest absolute Gasteiger partial charge is 0.508 e. The first-order valence-corrected chi connectivity index (χ1v) is 9.84. The molecule has 5 heteroatoms. The standard InChI is InChI=1S/C21H37N3O2/c1-15(2)21(26)20(13-17-8-10-19(25)11-9-17)23-14-18(24-16(3)4)7-5-6-12-22/h8-11,15-16,18,20,23-25H,5-7,12-14,22H2,1-4H3/t18-,20-/m0/s1. The molecule has 0 heterocycles. The van der Waals surface area contributed by atoms with Gasteiger partial charge in [-0.15, -0.1) is 0 Å². The van der Waals surface area contributed by atoms with Crippen molar-refractivity contribution in [2.75, 3.05) is 13.1 Å². The smallest absolute Gasteiger partial charge is 0.152 e. The van der Waals surface area contributed by atoms with Crippen molar-refractivity contribution in [2.45, 2.75) is 71.5 Å². The van der Waals surface area contributed by atoms with Gasteiger partial charge in [0.2, 0.25) is 0 Å². The Hall–Kier alpha value is -1.43. The van der Waals surface area contributed by atoms with E-state index in [0.717, 1.165) is 37.9 Å². The van der Waals surface area contributed by atoms with Gasteiger partial charge in [-0.1, -0.05) is 46.2 Å². The normalized spacial score (nSPS) is 14.0. The summed E-state index contributed by atoms with van der Waals surface area (Å²) in [5.74, 6) is 0.455. The van der Waals surface area contributed by atoms with Crippen LogP contribution in [0, 0.1) is 5.92 Å². The van der Waals surface area contributed by atoms with Crippen LogP contribution < -0.4 is 16.4 Å². The number of benzene rings is 1. The maximum Gasteiger partial charge on any atom is 0.152 e. The van der Waals surface area contributed by atoms with Crippen LogP contribution in [0.4, 0.5) is 0 Å². The minimum Gasteiger partial charge on any atom is -0.508 e. The Balaban J connectivity index is 2.72. The number of nitrogens with two attached hydrogens (primary N) is 1. The van der Waals surface area contributed by atoms with E-state index in [0.29, 0.717) is 18.5 Å². The molecule has 0 unspecified atom stereocenters. The molecular formula is C21H37N3O2. The highest BCUT2D eigenvalue weighted by atomic mass is 16.3. The van der Waals surface area contributed by atoms with Crippen LogP contribution in [0.1, 0.15) is 52.5 Å². The molecule has 2 atom stereocenters. The lowest BCUT2D eigenvalue weighted by atomic mass is 9.95. The number of carbonyl (C=O) groups excluding carboxylic acids is 1. The average molecular weight is 364 g/mol. The molecule has 0 aliphatic rings. The first-order chi connectivity index (χ1) is 12.3. The number of phenols is 1. The molecule has 1 rings (SSSR count). The van der Waals surface area contributed by atoms with Crippen molar-refractivity contribution in [1.82, 2.24) is 10.6 Å². The second kappa shape index (κ2) is 12.0. The van der Waals surface area contributed by atoms with E-state index in [2.05, 4.69) is 24.5 Å². The van der Waals surface area contributed by atoms with Gasteiger partial charge in [-0.2, -0.15) is 0 Å². The number of carbonyl (C=O) groups is 1. The van der Waals surface area contributed by atoms with Gasteiger partial charge in [0, 0.05) is 24.5 Å². The highest BCUT2D eigenvalue weighted by Crippen LogP contribution is 2.13. The third-order valence-corrected chi connectivity index (χ3v) is 4.48. The molecule has 5 N–H and O–H groups in total. The van der Waals surface area contributed by atoms with Crippen molar-refractivity contribution in [3.05, 3.63) is 29.8 Å². The van der Waals surface area contributed by atoms with E-state index in [1.807, 2.05) is 26.0 Å². The zero-order valence-corrected chi connectivity index (χ0v) is 16.8. The maximum atomic E-state index is 12.7. The second-order valence-corrected chi connectivity index (χ2v) is 7.69. The van der Waals surface area contributed by atoms with Gasteiger partial charge in [0.15, 0.2) is 5.78 Å². The van der Waals surface area contributed by atoms with Gasteiger partial charge < -0.3 is 21.5 Å². The van der Waals surface area contributed by atoms with Crippen LogP contribution in [-0.2, 0) is 11.2 Å². The lowest BCUT2D eigenvalue weighted by Gasteiger charge is -2.26. The number of aromatic hydroxyl groups is 1. The Morgan fingerprint density at radius 2 is 1.77 bits per heavy atom. The lowest BCUT2D eigenvalue weighted by Crippen LogP contribution is -2.48. The summed E-state index contributed by atoms with van der Waals surface area (Å²) < 4.78 is 0. The predicted molar refractivity (Wildman–Crippen MR) is 108 cm³/mol. The summed E-state index contributed by atoms with van der Waals surface area (Å²) in [7, 11) is 0. The van der Waals surface area contributed by atoms with E-state index in [9.17, 15) is 9.90 Å². The minimum atomic E-state index is -0.217. The topological polar surface area (TPSA) is 87.4 Å². The molecule has 0 aliphatic heterocycles. The third-order valence-electron chi connectivity index (χ3n) is 4.48. The Bertz CT molecular complexity index is 514. The molecule has 0 aromatic heterocycles. The van der Waals surface area contributed by atoms with E-state index in [1.165, 1.54) is 0 Å². The van der Waals surface area contributed by atoms with Gasteiger partial charge >= 0.3 is 0 Å². The Kier molecular flexibility index (Phi) is 10.5. The Labute approximate surface area is 158 Å². The average Bonchev–Trinajstić information content (AvgIpc) is 2.59. The molecule has 26 heavy (non-hydrogen) atoms. The van der Waals surface area contributed by atoms with Gasteiger partial charge in [0.05, 0.1) is 6.04 Å². The van der Waals surface area contributed by atoms with E-state index >= 15 is 0 Å². The van der Waals surface area contributed by atoms with Crippen molar-refractivity contribution >= 4 is 5.78 Å². The molecular weight excluding hydrogens is 326 g/mol. The molecule has 0 fully saturated rings. The lowest BCUT2D eigenvalue weighted by molar-refractivity contribution is -0.124. The summed E-state index contributed by atoms with van der Waals surface area (Å²) in [5, 5.41) is 16.5. The van der Waals surface area contributed by atoms with Crippen molar-refractivity contribution in [3.8, 4) is 5.75 Å². The quantitative estimate of drug-likeness (QED) is 0.405. The van der Waals surface area contributed by atoms with Crippen molar-refractivity contribution < 1.29 is 9.90 Å². The molecule has 148 valence electrons. The van der Waals surface area contributed by atoms with E-state index in [1.54, 1.807) is 12.1 Å². The van der Waals surface area contributed by atoms with Crippen LogP contribution in [0.3, 0.4) is 0 Å². The summed E-state index contributed by atoms with van der Waals surface area (Å²) in [6.45, 7) is 9.64. The van der Waals surface area contributed by atoms with Gasteiger partial charge in [0.1, 0.15) is 5.75 Å². The number of hydrogen-bond acceptors (Lipinski definition) is 5. The number of Topliss-reactive ketones (excluding diaryl/α,β-unsaturated/α-hetero) is 1. The third kappa shape index (κ3) is 8.79. The molecule has 1 aromatic carbocycles. The Morgan fingerprint density at radius 1 is 1.12 bits per heavy atom. The number of hydrogen-bond donors (Lipinski definition) is 4. The highest BCUT2D eigenvalue weighted by Gasteiger charge is 2.22. The molecule has 0 saturated carbocycles. The highest BCUT2D eigenvalue weighted by molar-refractivity contribution is 5.86. The van der Waals surface area contributed by atoms with Crippen LogP contribution in [0.5, 0.6) is 5.75 Å². The van der Waals surface area contributed by atoms with E-state index < -0.39 is 0 Å². The first kappa shape index (κ1) is 22.6. The fourth-order valence-electron chi connectivity index (χ4n) is 3.08. The molecule has 0 spiro atoms. The molecule has 5 nitrogen and oxygen atoms in total. The molecule has 0 saturated heterocycles. The molecule has 0 radical (unpaired) electrons. The van der Waals surface area contributed by atoms with Crippen molar-refractivity contribution in [3.63, 3.8) is 0 Å². The number of phenolic OH excluding ortho intramolecular Hbond substituents is 1. The van der Waals surface area contributed by atoms with Crippen LogP contribution >= 0.6 is 0 Å². The number of unbranched alkanes of at least 4 members (excludes halogenated alkanes) is 1. The van der Waals surface area contributed by atoms with Gasteiger partial charge in [-0.05, 0) is 43.5 Å². The number of nitrogens with one attached hydrogen (secondary N) is 2. The zero-order valence-electron chi connectivity index (χ0n) is 16.8. The summed E-state index contributed by atoms with van der Waals surface area (Å²) >= 11 is 0. The maximum absolute atomic E-state index is 12.7. The van der Waals surface area contributed by atoms with E-state index in [4.69, 9.17) is 5.73 Å². The molecule has 0 bridgehead atoms. The number of rotatable bonds is 13. The minimum absolute atomic E-state index is 0.0154. The zero-order chi connectivity index (χ0) is 19.5. The van der Waals surface area contributed by atoms with E-state index in [-0.39, 0.29) is 23.5 Å². The fraction of sp³-hybridized carbons (Fsp3) is 0.667. The van der Waals surface area contributed by atoms with Crippen LogP contribution in [0.25, 0.3) is 0 Å². The summed E-state index contributed by atoms with van der Waals surface area (Å²) in [6, 6.07) is 7.60. The molecule has 0 amide bonds. The predicted octanol–water partition coefficient (Wildman–Crippen LogP) is 2.61. The monoisotopic (exact) mass is 363 g/mol. The summed E-state index contributed by atoms with van der Waals surface area (Å²) in [6.07, 6.45) is 3.79. The number of ketones is 1. The van der Waals surface area contributed by atoms with Crippen LogP contribution in [0.15, 0.2) is 24.3 Å². The summed E-state index contributed by atoms with van der Waals surface area (Å²) in [4.78, 5) is 12.7. The van der Waals surface area contributed by atoms with Crippen LogP contribution in [-0.4, -0.2) is 42.1 Å². The van der Waals surface area contributed by atoms with Gasteiger partial charge in [-0.3, -0.25) is 4.79 Å². The van der Waals surface area contributed by atoms with Gasteiger partial charge in [-0.25, -0.2) is 0 Å². The SMILES string of the molecule is CC(C)N[C@@H](CCCCN)CN[C@@H](Cc1ccc(O)cc1)C(=O)C(C)C. The second-order valence-electron chi connectivity index (χ2n) is 7.69. The van der Waals surface area contributed by atoms with Gasteiger partial charge in [0.25, 0.3) is 0 Å². The van der Waals surface area contributed by atoms with Crippen LogP contribution in [0.2, 0.25) is 0 Å². The Morgan fingerprint density at radius 3 is 2.31 bits per heavy atom. The summed E-state index contributed by atoms with van der Waals surface area (Å²) in [5.41, 5.74) is 6.66. The first-order valence-electron chi connectivity index (χ1n) is 9.84. The molecule has 0 aliphatic carbocycles. The van der Waals surface area contributed by atoms with Crippen molar-refractivity contribution in [1.29, 1.82) is 0 Å². The molecule has 1 aromatic rings.